The third kappa shape index (κ3) is 26.5. The molecule has 3 radical (unpaired) electrons. The first-order valence-electron chi connectivity index (χ1n) is 28.6. The first-order chi connectivity index (χ1) is 47.8. The lowest BCUT2D eigenvalue weighted by Crippen LogP contribution is -2.27. The van der Waals surface area contributed by atoms with E-state index in [4.69, 9.17) is 92.8 Å². The van der Waals surface area contributed by atoms with Gasteiger partial charge < -0.3 is 52.1 Å². The Bertz CT molecular complexity index is 4450. The van der Waals surface area contributed by atoms with Crippen LogP contribution in [0.3, 0.4) is 0 Å². The number of rotatable bonds is 23. The lowest BCUT2D eigenvalue weighted by molar-refractivity contribution is 0.247. The van der Waals surface area contributed by atoms with E-state index in [0.29, 0.717) is 28.7 Å². The van der Waals surface area contributed by atoms with Gasteiger partial charge in [0, 0.05) is 9.84 Å². The summed E-state index contributed by atoms with van der Waals surface area (Å²) in [4.78, 5) is 46.5. The molecule has 0 unspecified atom stereocenters. The van der Waals surface area contributed by atoms with E-state index >= 15 is 0 Å². The molecule has 6 aromatic carbocycles. The van der Waals surface area contributed by atoms with Gasteiger partial charge in [-0.15, -0.1) is 0 Å². The van der Waals surface area contributed by atoms with Gasteiger partial charge in [0.15, 0.2) is 33.6 Å². The van der Waals surface area contributed by atoms with Gasteiger partial charge >= 0.3 is 18.0 Å². The van der Waals surface area contributed by atoms with Crippen LogP contribution in [0.25, 0.3) is 0 Å². The Kier molecular flexibility index (Phi) is 33.3. The Morgan fingerprint density at radius 1 is 0.416 bits per heavy atom. The van der Waals surface area contributed by atoms with Crippen LogP contribution in [0.1, 0.15) is 36.7 Å². The normalized spacial score (nSPS) is 10.0. The summed E-state index contributed by atoms with van der Waals surface area (Å²) in [5, 5.41) is 0.552. The molecule has 11 aromatic rings. The minimum atomic E-state index is -0.941. The minimum Gasteiger partial charge on any atom is -0.497 e. The van der Waals surface area contributed by atoms with Crippen LogP contribution in [-0.2, 0) is 33.0 Å². The second-order valence-electron chi connectivity index (χ2n) is 19.3. The van der Waals surface area contributed by atoms with Crippen LogP contribution in [0, 0.1) is 29.1 Å². The SMILES string of the molecule is C.COc1ccc(N(N)c2nc(OCc3cccc(OC)c3)ncc2F)cc1.COc1cccc(COc2ncc(F)c(=O)[nH]2)c1.COc1cccc(COc2ncc(F)c(Cl)n2)c1.COc1cccc(COc2ncc(F)c(OCc3cccc(OC)c3)n2)c1.Fc1cnc(Cl)nc1Cl.[2HH].[B]. The smallest absolute Gasteiger partial charge is 0.320 e. The van der Waals surface area contributed by atoms with E-state index in [1.54, 1.807) is 79.1 Å². The molecule has 0 aliphatic carbocycles. The maximum Gasteiger partial charge on any atom is 0.320 e. The van der Waals surface area contributed by atoms with Crippen molar-refractivity contribution >= 4 is 54.7 Å². The molecule has 5 heterocycles. The summed E-state index contributed by atoms with van der Waals surface area (Å²) in [6, 6.07) is 43.6. The summed E-state index contributed by atoms with van der Waals surface area (Å²) in [6.45, 7) is 1.01. The number of methoxy groups -OCH3 is 6. The van der Waals surface area contributed by atoms with Crippen LogP contribution in [0.2, 0.25) is 15.6 Å². The topological polar surface area (TPSA) is 280 Å². The van der Waals surface area contributed by atoms with Gasteiger partial charge in [0.05, 0.1) is 79.3 Å². The average Bonchev–Trinajstić information content (AvgIpc) is 0.827. The second-order valence-corrected chi connectivity index (χ2v) is 20.4. The quantitative estimate of drug-likeness (QED) is 0.0150. The van der Waals surface area contributed by atoms with Crippen LogP contribution in [0.5, 0.6) is 64.4 Å². The molecular formula is C68H66BCl3F5N12O12. The molecule has 0 saturated heterocycles. The molecule has 11 rings (SSSR count). The second kappa shape index (κ2) is 41.8. The minimum absolute atomic E-state index is 0. The van der Waals surface area contributed by atoms with Gasteiger partial charge in [-0.1, -0.05) is 91.3 Å². The molecule has 0 bridgehead atoms. The van der Waals surface area contributed by atoms with Gasteiger partial charge in [0.2, 0.25) is 16.9 Å². The zero-order chi connectivity index (χ0) is 71.1. The number of ether oxygens (including phenoxy) is 11. The molecule has 3 N–H and O–H groups in total. The predicted octanol–water partition coefficient (Wildman–Crippen LogP) is 13.8. The molecule has 101 heavy (non-hydrogen) atoms. The van der Waals surface area contributed by atoms with Crippen molar-refractivity contribution in [1.29, 1.82) is 0 Å². The number of hydrazine groups is 1. The summed E-state index contributed by atoms with van der Waals surface area (Å²) in [6.07, 6.45) is 4.75. The molecule has 24 nitrogen and oxygen atoms in total. The third-order valence-electron chi connectivity index (χ3n) is 12.6. The predicted molar refractivity (Wildman–Crippen MR) is 368 cm³/mol. The number of nitrogens with one attached hydrogen (secondary N) is 1. The Morgan fingerprint density at radius 3 is 1.17 bits per heavy atom. The molecule has 0 aliphatic heterocycles. The molecule has 33 heteroatoms. The number of aromatic amines is 1. The van der Waals surface area contributed by atoms with Crippen LogP contribution < -0.4 is 68.5 Å². The Labute approximate surface area is 595 Å². The number of nitrogens with two attached hydrogens (primary N) is 1. The summed E-state index contributed by atoms with van der Waals surface area (Å²) in [5.74, 6) is 6.36. The molecule has 0 spiro atoms. The standard InChI is InChI=1S/C20H19FN2O4.C19H19FN4O3.C12H10ClFN2O2.C12H11FN2O3.C4HCl2FN2.CH4.B.H2/c1-24-16-7-3-5-14(9-16)12-26-19-18(21)11-22-20(23-19)27-13-15-6-4-8-17(10-15)25-2;1-25-15-8-6-14(7-9-15)24(21)18-17(20)11-22-19(23-18)27-12-13-4-3-5-16(10-13)26-2;1-17-9-4-2-3-8(5-9)7-18-12-15-6-10(14)11(13)16-12;1-17-9-4-2-3-8(5-9)7-18-12-14-6-10(13)11(16)15-12;5-3-2(7)1-8-4(6)9-3;;;/h3-11H,12-13H2,1-2H3;3-11H,12,21H2,1-2H3;2-6H,7H2,1H3;2-6H,7H2,1H3,(H,14,15,16);1H;1H4;;1H/i;;;;;;;1+1. The highest BCUT2D eigenvalue weighted by atomic mass is 35.5. The highest BCUT2D eigenvalue weighted by molar-refractivity contribution is 6.31. The number of hydrogen-bond donors (Lipinski definition) is 2. The summed E-state index contributed by atoms with van der Waals surface area (Å²) < 4.78 is 124. The van der Waals surface area contributed by atoms with Gasteiger partial charge in [-0.25, -0.2) is 48.9 Å². The Morgan fingerprint density at radius 2 is 0.772 bits per heavy atom. The lowest BCUT2D eigenvalue weighted by atomic mass is 10.2. The van der Waals surface area contributed by atoms with Gasteiger partial charge in [-0.05, 0) is 124 Å². The Balaban J connectivity index is 0.000000278. The van der Waals surface area contributed by atoms with Crippen LogP contribution >= 0.6 is 34.8 Å². The van der Waals surface area contributed by atoms with Crippen LogP contribution in [0.4, 0.5) is 33.5 Å². The largest absolute Gasteiger partial charge is 0.497 e. The maximum absolute atomic E-state index is 14.2. The lowest BCUT2D eigenvalue weighted by Gasteiger charge is -2.18. The van der Waals surface area contributed by atoms with Crippen LogP contribution in [0.15, 0.2) is 181 Å². The van der Waals surface area contributed by atoms with Crippen molar-refractivity contribution in [3.63, 3.8) is 0 Å². The molecule has 0 saturated carbocycles. The van der Waals surface area contributed by atoms with E-state index in [9.17, 15) is 26.7 Å². The number of benzene rings is 6. The zero-order valence-electron chi connectivity index (χ0n) is 53.8. The van der Waals surface area contributed by atoms with Crippen molar-refractivity contribution in [2.45, 2.75) is 40.5 Å². The van der Waals surface area contributed by atoms with Crippen molar-refractivity contribution in [2.24, 2.45) is 5.84 Å². The number of halogens is 8. The first kappa shape index (κ1) is 80.3. The zero-order valence-corrected chi connectivity index (χ0v) is 56.1. The van der Waals surface area contributed by atoms with Gasteiger partial charge in [-0.2, -0.15) is 23.7 Å². The van der Waals surface area contributed by atoms with Gasteiger partial charge in [-0.3, -0.25) is 14.8 Å². The number of nitrogens with zero attached hydrogens (tertiary/aromatic N) is 10. The average molecular weight is 1460 g/mol. The van der Waals surface area contributed by atoms with Crippen LogP contribution in [-0.4, -0.2) is 101 Å². The monoisotopic (exact) mass is 1450 g/mol. The number of H-pyrrole nitrogens is 1. The third-order valence-corrected chi connectivity index (χ3v) is 13.3. The van der Waals surface area contributed by atoms with E-state index < -0.39 is 34.6 Å². The number of aromatic nitrogens is 10. The molecule has 0 atom stereocenters. The van der Waals surface area contributed by atoms with E-state index in [0.717, 1.165) is 75.3 Å². The van der Waals surface area contributed by atoms with Crippen molar-refractivity contribution < 1.29 is 75.5 Å². The first-order valence-corrected chi connectivity index (χ1v) is 29.8. The highest BCUT2D eigenvalue weighted by Gasteiger charge is 2.17. The highest BCUT2D eigenvalue weighted by Crippen LogP contribution is 2.27. The molecule has 0 fully saturated rings. The van der Waals surface area contributed by atoms with Crippen molar-refractivity contribution in [3.8, 4) is 64.4 Å². The van der Waals surface area contributed by atoms with Crippen molar-refractivity contribution in [1.82, 2.24) is 49.8 Å². The maximum atomic E-state index is 14.2. The molecule has 0 amide bonds. The van der Waals surface area contributed by atoms with Gasteiger partial charge in [0.1, 0.15) is 67.5 Å². The summed E-state index contributed by atoms with van der Waals surface area (Å²) in [5.41, 5.74) is 3.98. The van der Waals surface area contributed by atoms with E-state index in [1.165, 1.54) is 0 Å². The van der Waals surface area contributed by atoms with E-state index in [1.807, 2.05) is 109 Å². The fourth-order valence-electron chi connectivity index (χ4n) is 7.68. The molecule has 529 valence electrons. The van der Waals surface area contributed by atoms with E-state index in [-0.39, 0.29) is 102 Å². The number of anilines is 2. The number of hydrogen-bond acceptors (Lipinski definition) is 23. The van der Waals surface area contributed by atoms with Crippen molar-refractivity contribution in [2.75, 3.05) is 47.7 Å². The molecule has 5 aromatic heterocycles. The molecule has 0 aliphatic rings. The van der Waals surface area contributed by atoms with E-state index in [2.05, 4.69) is 49.8 Å². The van der Waals surface area contributed by atoms with Gasteiger partial charge in [0.25, 0.3) is 17.4 Å². The summed E-state index contributed by atoms with van der Waals surface area (Å²) in [7, 11) is 9.47. The fraction of sp³-hybridized carbons (Fsp3) is 0.176. The summed E-state index contributed by atoms with van der Waals surface area (Å²) >= 11 is 16.0. The Hall–Kier alpha value is -11.3. The molecular weight excluding hydrogens is 1390 g/mol. The van der Waals surface area contributed by atoms with Crippen molar-refractivity contribution in [3.05, 3.63) is 259 Å². The fourth-order valence-corrected chi connectivity index (χ4v) is 8.10.